The number of rotatable bonds is 6. The highest BCUT2D eigenvalue weighted by Crippen LogP contribution is 2.22. The van der Waals surface area contributed by atoms with Crippen molar-refractivity contribution >= 4 is 21.8 Å². The molecule has 3 rings (SSSR count). The van der Waals surface area contributed by atoms with Crippen LogP contribution in [0.2, 0.25) is 0 Å². The molecule has 0 spiro atoms. The molecule has 0 radical (unpaired) electrons. The third-order valence-corrected chi connectivity index (χ3v) is 4.56. The molecule has 1 amide bonds. The van der Waals surface area contributed by atoms with Gasteiger partial charge in [0, 0.05) is 4.47 Å². The van der Waals surface area contributed by atoms with Crippen molar-refractivity contribution in [2.45, 2.75) is 13.0 Å². The van der Waals surface area contributed by atoms with Gasteiger partial charge in [0.25, 0.3) is 5.91 Å². The van der Waals surface area contributed by atoms with Crippen molar-refractivity contribution in [1.82, 2.24) is 5.32 Å². The number of halogens is 1. The largest absolute Gasteiger partial charge is 0.484 e. The summed E-state index contributed by atoms with van der Waals surface area (Å²) in [5, 5.41) is 3.08. The standard InChI is InChI=1S/C22H20BrNO2/c1-16-7-9-18(10-8-16)22(17-5-3-2-4-6-17)24-21(25)15-26-20-13-11-19(23)12-14-20/h2-14,22H,15H2,1H3,(H,24,25)/t22-/m1/s1. The van der Waals surface area contributed by atoms with Gasteiger partial charge in [-0.25, -0.2) is 0 Å². The average Bonchev–Trinajstić information content (AvgIpc) is 2.67. The fourth-order valence-corrected chi connectivity index (χ4v) is 2.91. The summed E-state index contributed by atoms with van der Waals surface area (Å²) >= 11 is 3.38. The first kappa shape index (κ1) is 18.2. The monoisotopic (exact) mass is 409 g/mol. The molecule has 1 N–H and O–H groups in total. The quantitative estimate of drug-likeness (QED) is 0.618. The SMILES string of the molecule is Cc1ccc([C@H](NC(=O)COc2ccc(Br)cc2)c2ccccc2)cc1. The number of carbonyl (C=O) groups is 1. The molecule has 0 fully saturated rings. The Morgan fingerprint density at radius 2 is 1.54 bits per heavy atom. The Morgan fingerprint density at radius 3 is 2.19 bits per heavy atom. The van der Waals surface area contributed by atoms with E-state index in [4.69, 9.17) is 4.74 Å². The zero-order valence-corrected chi connectivity index (χ0v) is 16.1. The second-order valence-electron chi connectivity index (χ2n) is 6.06. The minimum absolute atomic E-state index is 0.0309. The van der Waals surface area contributed by atoms with Gasteiger partial charge in [-0.1, -0.05) is 76.1 Å². The van der Waals surface area contributed by atoms with E-state index in [2.05, 4.69) is 33.4 Å². The van der Waals surface area contributed by atoms with Crippen LogP contribution in [0.5, 0.6) is 5.75 Å². The third kappa shape index (κ3) is 4.96. The van der Waals surface area contributed by atoms with E-state index in [1.807, 2.05) is 73.7 Å². The maximum absolute atomic E-state index is 12.5. The van der Waals surface area contributed by atoms with Crippen LogP contribution in [0.4, 0.5) is 0 Å². The van der Waals surface area contributed by atoms with Gasteiger partial charge in [0.2, 0.25) is 0 Å². The highest BCUT2D eigenvalue weighted by Gasteiger charge is 2.17. The summed E-state index contributed by atoms with van der Waals surface area (Å²) in [5.74, 6) is 0.497. The van der Waals surface area contributed by atoms with Crippen LogP contribution in [-0.4, -0.2) is 12.5 Å². The molecule has 26 heavy (non-hydrogen) atoms. The first-order valence-electron chi connectivity index (χ1n) is 8.41. The number of nitrogens with one attached hydrogen (secondary N) is 1. The summed E-state index contributed by atoms with van der Waals surface area (Å²) in [6.07, 6.45) is 0. The zero-order chi connectivity index (χ0) is 18.4. The van der Waals surface area contributed by atoms with Crippen LogP contribution in [0.25, 0.3) is 0 Å². The zero-order valence-electron chi connectivity index (χ0n) is 14.5. The van der Waals surface area contributed by atoms with E-state index in [1.54, 1.807) is 0 Å². The molecule has 3 nitrogen and oxygen atoms in total. The van der Waals surface area contributed by atoms with Gasteiger partial charge in [0.05, 0.1) is 6.04 Å². The Balaban J connectivity index is 1.71. The van der Waals surface area contributed by atoms with Crippen molar-refractivity contribution in [2.24, 2.45) is 0 Å². The molecule has 0 aliphatic heterocycles. The van der Waals surface area contributed by atoms with Gasteiger partial charge >= 0.3 is 0 Å². The Labute approximate surface area is 162 Å². The fourth-order valence-electron chi connectivity index (χ4n) is 2.65. The number of aryl methyl sites for hydroxylation is 1. The molecule has 1 atom stereocenters. The van der Waals surface area contributed by atoms with Crippen LogP contribution in [0.3, 0.4) is 0 Å². The maximum atomic E-state index is 12.5. The average molecular weight is 410 g/mol. The van der Waals surface area contributed by atoms with Gasteiger partial charge in [0.1, 0.15) is 5.75 Å². The van der Waals surface area contributed by atoms with Gasteiger partial charge in [-0.3, -0.25) is 4.79 Å². The number of ether oxygens (including phenoxy) is 1. The summed E-state index contributed by atoms with van der Waals surface area (Å²) in [6, 6.07) is 25.3. The van der Waals surface area contributed by atoms with Crippen molar-refractivity contribution in [2.75, 3.05) is 6.61 Å². The molecule has 3 aromatic carbocycles. The summed E-state index contributed by atoms with van der Waals surface area (Å²) in [6.45, 7) is 2.02. The number of carbonyl (C=O) groups excluding carboxylic acids is 1. The first-order chi connectivity index (χ1) is 12.6. The van der Waals surface area contributed by atoms with Gasteiger partial charge in [-0.2, -0.15) is 0 Å². The van der Waals surface area contributed by atoms with E-state index < -0.39 is 0 Å². The van der Waals surface area contributed by atoms with Gasteiger partial charge in [-0.05, 0) is 42.3 Å². The van der Waals surface area contributed by atoms with Crippen molar-refractivity contribution < 1.29 is 9.53 Å². The molecule has 0 saturated carbocycles. The lowest BCUT2D eigenvalue weighted by Gasteiger charge is -2.20. The molecule has 0 aliphatic rings. The Kier molecular flexibility index (Phi) is 6.08. The van der Waals surface area contributed by atoms with E-state index in [-0.39, 0.29) is 18.6 Å². The molecule has 0 bridgehead atoms. The predicted octanol–water partition coefficient (Wildman–Crippen LogP) is 5.04. The van der Waals surface area contributed by atoms with Gasteiger partial charge in [-0.15, -0.1) is 0 Å². The fraction of sp³-hybridized carbons (Fsp3) is 0.136. The summed E-state index contributed by atoms with van der Waals surface area (Å²) < 4.78 is 6.55. The lowest BCUT2D eigenvalue weighted by atomic mass is 9.98. The van der Waals surface area contributed by atoms with Crippen molar-refractivity contribution in [3.05, 3.63) is 100 Å². The number of hydrogen-bond acceptors (Lipinski definition) is 2. The Hall–Kier alpha value is -2.59. The normalized spacial score (nSPS) is 11.6. The second-order valence-corrected chi connectivity index (χ2v) is 6.98. The molecule has 0 aliphatic carbocycles. The van der Waals surface area contributed by atoms with Gasteiger partial charge in [0.15, 0.2) is 6.61 Å². The molecule has 0 unspecified atom stereocenters. The minimum atomic E-state index is -0.210. The van der Waals surface area contributed by atoms with Crippen molar-refractivity contribution in [3.8, 4) is 5.75 Å². The Morgan fingerprint density at radius 1 is 0.923 bits per heavy atom. The van der Waals surface area contributed by atoms with Crippen molar-refractivity contribution in [1.29, 1.82) is 0 Å². The first-order valence-corrected chi connectivity index (χ1v) is 9.20. The van der Waals surface area contributed by atoms with E-state index in [0.29, 0.717) is 5.75 Å². The molecule has 3 aromatic rings. The smallest absolute Gasteiger partial charge is 0.258 e. The topological polar surface area (TPSA) is 38.3 Å². The maximum Gasteiger partial charge on any atom is 0.258 e. The predicted molar refractivity (Wildman–Crippen MR) is 107 cm³/mol. The van der Waals surface area contributed by atoms with Gasteiger partial charge < -0.3 is 10.1 Å². The molecule has 4 heteroatoms. The summed E-state index contributed by atoms with van der Waals surface area (Å²) in [4.78, 5) is 12.5. The molecule has 0 aromatic heterocycles. The van der Waals surface area contributed by atoms with Crippen LogP contribution in [-0.2, 0) is 4.79 Å². The number of hydrogen-bond donors (Lipinski definition) is 1. The van der Waals surface area contributed by atoms with E-state index in [1.165, 1.54) is 5.56 Å². The highest BCUT2D eigenvalue weighted by atomic mass is 79.9. The summed E-state index contributed by atoms with van der Waals surface area (Å²) in [5.41, 5.74) is 3.26. The third-order valence-electron chi connectivity index (χ3n) is 4.03. The van der Waals surface area contributed by atoms with Crippen LogP contribution >= 0.6 is 15.9 Å². The molecule has 0 heterocycles. The summed E-state index contributed by atoms with van der Waals surface area (Å²) in [7, 11) is 0. The molecule has 132 valence electrons. The van der Waals surface area contributed by atoms with Crippen LogP contribution < -0.4 is 10.1 Å². The lowest BCUT2D eigenvalue weighted by Crippen LogP contribution is -2.33. The molecular weight excluding hydrogens is 390 g/mol. The minimum Gasteiger partial charge on any atom is -0.484 e. The second kappa shape index (κ2) is 8.68. The Bertz CT molecular complexity index is 846. The van der Waals surface area contributed by atoms with E-state index in [9.17, 15) is 4.79 Å². The van der Waals surface area contributed by atoms with E-state index >= 15 is 0 Å². The highest BCUT2D eigenvalue weighted by molar-refractivity contribution is 9.10. The van der Waals surface area contributed by atoms with Crippen molar-refractivity contribution in [3.63, 3.8) is 0 Å². The molecule has 0 saturated heterocycles. The van der Waals surface area contributed by atoms with E-state index in [0.717, 1.165) is 15.6 Å². The van der Waals surface area contributed by atoms with Crippen LogP contribution in [0, 0.1) is 6.92 Å². The number of amides is 1. The van der Waals surface area contributed by atoms with Crippen LogP contribution in [0.1, 0.15) is 22.7 Å². The number of benzene rings is 3. The molecular formula is C22H20BrNO2. The lowest BCUT2D eigenvalue weighted by molar-refractivity contribution is -0.123. The van der Waals surface area contributed by atoms with Crippen LogP contribution in [0.15, 0.2) is 83.3 Å².